The number of carbonyl (C=O) groups excluding carboxylic acids is 1. The number of ether oxygens (including phenoxy) is 1. The topological polar surface area (TPSA) is 39.2 Å². The fourth-order valence-electron chi connectivity index (χ4n) is 1.38. The molecule has 0 aliphatic carbocycles. The smallest absolute Gasteiger partial charge is 0.345 e. The molecule has 132 valence electrons. The van der Waals surface area contributed by atoms with E-state index in [1.165, 1.54) is 12.1 Å². The van der Waals surface area contributed by atoms with Gasteiger partial charge in [0.15, 0.2) is 11.6 Å². The zero-order valence-electron chi connectivity index (χ0n) is 14.1. The largest absolute Gasteiger partial charge is 0.416 e. The molecule has 0 N–H and O–H groups in total. The van der Waals surface area contributed by atoms with Crippen molar-refractivity contribution in [3.05, 3.63) is 58.9 Å². The van der Waals surface area contributed by atoms with Crippen molar-refractivity contribution >= 4 is 5.97 Å². The maximum atomic E-state index is 13.3. The summed E-state index contributed by atoms with van der Waals surface area (Å²) in [6, 6.07) is 2.79. The van der Waals surface area contributed by atoms with E-state index in [-0.39, 0.29) is 11.6 Å². The average molecular weight is 345 g/mol. The van der Waals surface area contributed by atoms with Crippen molar-refractivity contribution in [1.29, 1.82) is 0 Å². The quantitative estimate of drug-likeness (QED) is 0.324. The first-order valence-corrected chi connectivity index (χ1v) is 7.38. The third-order valence-corrected chi connectivity index (χ3v) is 2.41. The number of aryl methyl sites for hydroxylation is 1. The predicted octanol–water partition coefficient (Wildman–Crippen LogP) is 5.22. The molecule has 0 fully saturated rings. The molecule has 7 heteroatoms. The van der Waals surface area contributed by atoms with Crippen LogP contribution >= 0.6 is 0 Å². The number of nitrogens with zero attached hydrogens (tertiary/aromatic N) is 1. The van der Waals surface area contributed by atoms with E-state index in [4.69, 9.17) is 0 Å². The van der Waals surface area contributed by atoms with Crippen molar-refractivity contribution in [1.82, 2.24) is 4.98 Å². The molecule has 0 saturated carbocycles. The summed E-state index contributed by atoms with van der Waals surface area (Å²) < 4.78 is 56.9. The van der Waals surface area contributed by atoms with Gasteiger partial charge in [-0.05, 0) is 19.1 Å². The van der Waals surface area contributed by atoms with E-state index in [0.717, 1.165) is 6.20 Å². The Morgan fingerprint density at radius 3 is 1.88 bits per heavy atom. The molecule has 0 spiro atoms. The number of benzene rings is 1. The van der Waals surface area contributed by atoms with Gasteiger partial charge in [0.05, 0.1) is 5.56 Å². The highest BCUT2D eigenvalue weighted by Gasteiger charge is 2.23. The van der Waals surface area contributed by atoms with Gasteiger partial charge in [0, 0.05) is 18.0 Å². The monoisotopic (exact) mass is 345 g/mol. The Bertz CT molecular complexity index is 647. The van der Waals surface area contributed by atoms with Crippen molar-refractivity contribution in [2.75, 3.05) is 0 Å². The Balaban J connectivity index is 0.00000123. The normalized spacial score (nSPS) is 9.21. The van der Waals surface area contributed by atoms with Crippen molar-refractivity contribution in [2.24, 2.45) is 0 Å². The Kier molecular flexibility index (Phi) is 9.30. The third-order valence-electron chi connectivity index (χ3n) is 2.41. The lowest BCUT2D eigenvalue weighted by molar-refractivity contribution is 0.0717. The molecule has 0 bridgehead atoms. The van der Waals surface area contributed by atoms with E-state index in [1.807, 2.05) is 27.7 Å². The number of hydrogen-bond donors (Lipinski definition) is 0. The van der Waals surface area contributed by atoms with Gasteiger partial charge in [0.25, 0.3) is 0 Å². The first kappa shape index (κ1) is 21.6. The number of halogens is 4. The molecular formula is C17H19F4NO2. The molecule has 24 heavy (non-hydrogen) atoms. The molecule has 3 nitrogen and oxygen atoms in total. The fraction of sp³-hybridized carbons (Fsp3) is 0.294. The molecule has 0 aliphatic heterocycles. The molecule has 1 aromatic heterocycles. The molecule has 1 aromatic carbocycles. The van der Waals surface area contributed by atoms with Crippen LogP contribution in [0.4, 0.5) is 17.6 Å². The number of esters is 1. The zero-order valence-corrected chi connectivity index (χ0v) is 14.1. The first-order valence-electron chi connectivity index (χ1n) is 7.38. The minimum Gasteiger partial charge on any atom is -0.416 e. The van der Waals surface area contributed by atoms with Crippen LogP contribution in [-0.2, 0) is 0 Å². The van der Waals surface area contributed by atoms with E-state index in [2.05, 4.69) is 9.72 Å². The number of rotatable bonds is 2. The molecule has 0 radical (unpaired) electrons. The maximum Gasteiger partial charge on any atom is 0.345 e. The molecule has 0 aliphatic rings. The van der Waals surface area contributed by atoms with E-state index in [0.29, 0.717) is 5.69 Å². The minimum absolute atomic E-state index is 0.0232. The number of hydrogen-bond acceptors (Lipinski definition) is 3. The predicted molar refractivity (Wildman–Crippen MR) is 82.9 cm³/mol. The number of aromatic nitrogens is 1. The van der Waals surface area contributed by atoms with Gasteiger partial charge in [0.1, 0.15) is 0 Å². The molecule has 0 amide bonds. The molecule has 0 atom stereocenters. The van der Waals surface area contributed by atoms with Gasteiger partial charge in [0.2, 0.25) is 17.4 Å². The zero-order chi connectivity index (χ0) is 18.9. The Morgan fingerprint density at radius 1 is 0.958 bits per heavy atom. The van der Waals surface area contributed by atoms with Crippen molar-refractivity contribution in [3.63, 3.8) is 0 Å². The lowest BCUT2D eigenvalue weighted by Crippen LogP contribution is -2.12. The number of pyridine rings is 1. The van der Waals surface area contributed by atoms with E-state index in [9.17, 15) is 22.4 Å². The standard InChI is InChI=1S/C13H7F4NO2.2C2H6/c1-6-2-3-7(5-18-6)13(19)20-12-10(16)8(14)4-9(15)11(12)17;2*1-2/h2-5H,1H3;2*1-2H3. The summed E-state index contributed by atoms with van der Waals surface area (Å²) in [6.45, 7) is 9.66. The SMILES string of the molecule is CC.CC.Cc1ccc(C(=O)Oc2c(F)c(F)cc(F)c2F)cn1. The van der Waals surface area contributed by atoms with Gasteiger partial charge in [-0.1, -0.05) is 27.7 Å². The van der Waals surface area contributed by atoms with Crippen LogP contribution < -0.4 is 4.74 Å². The van der Waals surface area contributed by atoms with Gasteiger partial charge in [-0.15, -0.1) is 0 Å². The van der Waals surface area contributed by atoms with Gasteiger partial charge < -0.3 is 4.74 Å². The summed E-state index contributed by atoms with van der Waals surface area (Å²) in [7, 11) is 0. The Hall–Kier alpha value is -2.44. The molecule has 0 saturated heterocycles. The van der Waals surface area contributed by atoms with Crippen molar-refractivity contribution in [2.45, 2.75) is 34.6 Å². The van der Waals surface area contributed by atoms with E-state index in [1.54, 1.807) is 6.92 Å². The second kappa shape index (κ2) is 10.4. The van der Waals surface area contributed by atoms with Crippen LogP contribution in [0.2, 0.25) is 0 Å². The van der Waals surface area contributed by atoms with E-state index < -0.39 is 35.0 Å². The Morgan fingerprint density at radius 2 is 1.46 bits per heavy atom. The second-order valence-electron chi connectivity index (χ2n) is 3.88. The van der Waals surface area contributed by atoms with Crippen LogP contribution in [0, 0.1) is 30.2 Å². The molecule has 2 aromatic rings. The van der Waals surface area contributed by atoms with Crippen LogP contribution in [-0.4, -0.2) is 11.0 Å². The third kappa shape index (κ3) is 5.33. The molecule has 2 rings (SSSR count). The lowest BCUT2D eigenvalue weighted by Gasteiger charge is -2.07. The summed E-state index contributed by atoms with van der Waals surface area (Å²) in [5, 5.41) is 0. The van der Waals surface area contributed by atoms with Gasteiger partial charge in [-0.2, -0.15) is 8.78 Å². The van der Waals surface area contributed by atoms with Crippen LogP contribution in [0.3, 0.4) is 0 Å². The average Bonchev–Trinajstić information content (AvgIpc) is 2.61. The minimum atomic E-state index is -1.78. The second-order valence-corrected chi connectivity index (χ2v) is 3.88. The Labute approximate surface area is 138 Å². The molecular weight excluding hydrogens is 326 g/mol. The first-order chi connectivity index (χ1) is 11.4. The molecule has 0 unspecified atom stereocenters. The van der Waals surface area contributed by atoms with Crippen LogP contribution in [0.1, 0.15) is 43.7 Å². The fourth-order valence-corrected chi connectivity index (χ4v) is 1.38. The van der Waals surface area contributed by atoms with Crippen LogP contribution in [0.25, 0.3) is 0 Å². The van der Waals surface area contributed by atoms with Gasteiger partial charge >= 0.3 is 5.97 Å². The van der Waals surface area contributed by atoms with Crippen LogP contribution in [0.15, 0.2) is 24.4 Å². The lowest BCUT2D eigenvalue weighted by atomic mass is 10.2. The summed E-state index contributed by atoms with van der Waals surface area (Å²) >= 11 is 0. The van der Waals surface area contributed by atoms with Crippen molar-refractivity contribution in [3.8, 4) is 5.75 Å². The van der Waals surface area contributed by atoms with Crippen LogP contribution in [0.5, 0.6) is 5.75 Å². The maximum absolute atomic E-state index is 13.3. The number of carbonyl (C=O) groups is 1. The van der Waals surface area contributed by atoms with Gasteiger partial charge in [-0.3, -0.25) is 4.98 Å². The summed E-state index contributed by atoms with van der Waals surface area (Å²) in [6.07, 6.45) is 1.11. The van der Waals surface area contributed by atoms with Crippen molar-refractivity contribution < 1.29 is 27.1 Å². The highest BCUT2D eigenvalue weighted by molar-refractivity contribution is 5.90. The van der Waals surface area contributed by atoms with E-state index >= 15 is 0 Å². The summed E-state index contributed by atoms with van der Waals surface area (Å²) in [4.78, 5) is 15.4. The van der Waals surface area contributed by atoms with Gasteiger partial charge in [-0.25, -0.2) is 13.6 Å². The molecule has 1 heterocycles. The highest BCUT2D eigenvalue weighted by atomic mass is 19.2. The summed E-state index contributed by atoms with van der Waals surface area (Å²) in [5.41, 5.74) is 0.495. The highest BCUT2D eigenvalue weighted by Crippen LogP contribution is 2.27. The summed E-state index contributed by atoms with van der Waals surface area (Å²) in [5.74, 6) is -9.48.